The maximum Gasteiger partial charge on any atom is 0.170 e. The maximum atomic E-state index is 12.2. The van der Waals surface area contributed by atoms with Gasteiger partial charge in [-0.2, -0.15) is 0 Å². The van der Waals surface area contributed by atoms with E-state index < -0.39 is 0 Å². The number of halogens is 1. The summed E-state index contributed by atoms with van der Waals surface area (Å²) in [6, 6.07) is 5.90. The highest BCUT2D eigenvalue weighted by Crippen LogP contribution is 2.28. The van der Waals surface area contributed by atoms with Crippen LogP contribution in [0.2, 0.25) is 0 Å². The minimum absolute atomic E-state index is 0.168. The van der Waals surface area contributed by atoms with E-state index in [1.165, 1.54) is 0 Å². The largest absolute Gasteiger partial charge is 0.360 e. The number of carbonyl (C=O) groups is 1. The number of nitrogens with one attached hydrogen (secondary N) is 1. The molecule has 0 radical (unpaired) electrons. The van der Waals surface area contributed by atoms with Gasteiger partial charge in [-0.1, -0.05) is 42.8 Å². The fourth-order valence-electron chi connectivity index (χ4n) is 1.69. The normalized spacial score (nSPS) is 12.0. The van der Waals surface area contributed by atoms with Gasteiger partial charge in [0.25, 0.3) is 0 Å². The lowest BCUT2D eigenvalue weighted by molar-refractivity contribution is 0.0860. The predicted octanol–water partition coefficient (Wildman–Crippen LogP) is 4.16. The second kappa shape index (κ2) is 3.74. The summed E-state index contributed by atoms with van der Waals surface area (Å²) in [5.41, 5.74) is 1.42. The van der Waals surface area contributed by atoms with E-state index >= 15 is 0 Å². The molecule has 0 amide bonds. The second-order valence-corrected chi connectivity index (χ2v) is 5.89. The van der Waals surface area contributed by atoms with E-state index in [4.69, 9.17) is 0 Å². The number of aromatic nitrogens is 1. The quantitative estimate of drug-likeness (QED) is 0.782. The van der Waals surface area contributed by atoms with Crippen molar-refractivity contribution in [2.24, 2.45) is 5.41 Å². The van der Waals surface area contributed by atoms with E-state index in [1.54, 1.807) is 6.20 Å². The highest BCUT2D eigenvalue weighted by atomic mass is 79.9. The molecule has 1 heterocycles. The van der Waals surface area contributed by atoms with Crippen molar-refractivity contribution in [1.82, 2.24) is 4.98 Å². The Morgan fingerprint density at radius 1 is 1.31 bits per heavy atom. The summed E-state index contributed by atoms with van der Waals surface area (Å²) in [7, 11) is 0. The van der Waals surface area contributed by atoms with Crippen LogP contribution in [0.25, 0.3) is 10.9 Å². The number of fused-ring (bicyclic) bond motifs is 1. The molecule has 0 saturated heterocycles. The summed E-state index contributed by atoms with van der Waals surface area (Å²) >= 11 is 3.41. The average molecular weight is 280 g/mol. The van der Waals surface area contributed by atoms with Gasteiger partial charge in [-0.3, -0.25) is 4.79 Å². The molecule has 84 valence electrons. The fraction of sp³-hybridized carbons (Fsp3) is 0.308. The summed E-state index contributed by atoms with van der Waals surface area (Å²) in [5.74, 6) is 0.168. The third kappa shape index (κ3) is 1.92. The molecule has 0 spiro atoms. The van der Waals surface area contributed by atoms with Crippen LogP contribution >= 0.6 is 15.9 Å². The van der Waals surface area contributed by atoms with Gasteiger partial charge in [0.1, 0.15) is 0 Å². The van der Waals surface area contributed by atoms with Gasteiger partial charge in [0.15, 0.2) is 5.78 Å². The molecule has 1 aromatic carbocycles. The van der Waals surface area contributed by atoms with Crippen LogP contribution < -0.4 is 0 Å². The lowest BCUT2D eigenvalue weighted by Gasteiger charge is -2.15. The summed E-state index contributed by atoms with van der Waals surface area (Å²) < 4.78 is 1.01. The molecule has 0 aliphatic heterocycles. The van der Waals surface area contributed by atoms with Gasteiger partial charge in [0.05, 0.1) is 0 Å². The highest BCUT2D eigenvalue weighted by molar-refractivity contribution is 9.10. The molecule has 0 aliphatic rings. The van der Waals surface area contributed by atoms with Crippen LogP contribution in [0.3, 0.4) is 0 Å². The molecule has 3 heteroatoms. The van der Waals surface area contributed by atoms with Crippen molar-refractivity contribution in [3.8, 4) is 0 Å². The molecule has 0 saturated carbocycles. The zero-order valence-electron chi connectivity index (χ0n) is 9.60. The highest BCUT2D eigenvalue weighted by Gasteiger charge is 2.25. The number of Topliss-reactive ketones (excluding diaryl/α,β-unsaturated/α-hetero) is 1. The minimum atomic E-state index is -0.345. The SMILES string of the molecule is CC(C)(C)C(=O)c1c[nH]c2cc(Br)ccc12. The zero-order valence-corrected chi connectivity index (χ0v) is 11.2. The fourth-order valence-corrected chi connectivity index (χ4v) is 2.05. The Balaban J connectivity index is 2.59. The van der Waals surface area contributed by atoms with E-state index in [-0.39, 0.29) is 11.2 Å². The third-order valence-electron chi connectivity index (χ3n) is 2.57. The average Bonchev–Trinajstić information content (AvgIpc) is 2.57. The van der Waals surface area contributed by atoms with Gasteiger partial charge in [0.2, 0.25) is 0 Å². The van der Waals surface area contributed by atoms with Crippen molar-refractivity contribution in [2.75, 3.05) is 0 Å². The van der Waals surface area contributed by atoms with Crippen molar-refractivity contribution >= 4 is 32.6 Å². The van der Waals surface area contributed by atoms with Crippen LogP contribution in [-0.4, -0.2) is 10.8 Å². The smallest absolute Gasteiger partial charge is 0.170 e. The van der Waals surface area contributed by atoms with Crippen molar-refractivity contribution < 1.29 is 4.79 Å². The van der Waals surface area contributed by atoms with E-state index in [1.807, 2.05) is 39.0 Å². The third-order valence-corrected chi connectivity index (χ3v) is 3.06. The molecular weight excluding hydrogens is 266 g/mol. The molecule has 16 heavy (non-hydrogen) atoms. The molecule has 0 atom stereocenters. The van der Waals surface area contributed by atoms with Crippen molar-refractivity contribution in [3.63, 3.8) is 0 Å². The Labute approximate surface area is 103 Å². The van der Waals surface area contributed by atoms with Crippen LogP contribution in [0.4, 0.5) is 0 Å². The molecule has 0 aliphatic carbocycles. The molecule has 2 aromatic rings. The number of carbonyl (C=O) groups excluding carboxylic acids is 1. The molecule has 1 aromatic heterocycles. The van der Waals surface area contributed by atoms with E-state index in [0.29, 0.717) is 0 Å². The molecule has 0 bridgehead atoms. The van der Waals surface area contributed by atoms with Gasteiger partial charge in [0, 0.05) is 32.6 Å². The molecule has 1 N–H and O–H groups in total. The summed E-state index contributed by atoms with van der Waals surface area (Å²) in [5, 5.41) is 0.989. The lowest BCUT2D eigenvalue weighted by Crippen LogP contribution is -2.19. The van der Waals surface area contributed by atoms with Crippen molar-refractivity contribution in [1.29, 1.82) is 0 Å². The first-order chi connectivity index (χ1) is 7.39. The van der Waals surface area contributed by atoms with Crippen molar-refractivity contribution in [2.45, 2.75) is 20.8 Å². The first-order valence-electron chi connectivity index (χ1n) is 5.21. The van der Waals surface area contributed by atoms with Gasteiger partial charge in [-0.25, -0.2) is 0 Å². The van der Waals surface area contributed by atoms with Crippen LogP contribution in [-0.2, 0) is 0 Å². The number of rotatable bonds is 1. The Kier molecular flexibility index (Phi) is 2.66. The Morgan fingerprint density at radius 3 is 2.62 bits per heavy atom. The van der Waals surface area contributed by atoms with Gasteiger partial charge >= 0.3 is 0 Å². The topological polar surface area (TPSA) is 32.9 Å². The Bertz CT molecular complexity index is 549. The first-order valence-corrected chi connectivity index (χ1v) is 6.00. The van der Waals surface area contributed by atoms with Crippen LogP contribution in [0.15, 0.2) is 28.9 Å². The van der Waals surface area contributed by atoms with Crippen LogP contribution in [0, 0.1) is 5.41 Å². The van der Waals surface area contributed by atoms with Crippen LogP contribution in [0.1, 0.15) is 31.1 Å². The summed E-state index contributed by atoms with van der Waals surface area (Å²) in [6.45, 7) is 5.81. The van der Waals surface area contributed by atoms with Crippen LogP contribution in [0.5, 0.6) is 0 Å². The molecule has 2 nitrogen and oxygen atoms in total. The number of ketones is 1. The standard InChI is InChI=1S/C13H14BrNO/c1-13(2,3)12(16)10-7-15-11-6-8(14)4-5-9(10)11/h4-7,15H,1-3H3. The summed E-state index contributed by atoms with van der Waals surface area (Å²) in [6.07, 6.45) is 1.80. The minimum Gasteiger partial charge on any atom is -0.360 e. The lowest BCUT2D eigenvalue weighted by atomic mass is 9.86. The second-order valence-electron chi connectivity index (χ2n) is 4.97. The van der Waals surface area contributed by atoms with Gasteiger partial charge < -0.3 is 4.98 Å². The zero-order chi connectivity index (χ0) is 11.9. The number of hydrogen-bond donors (Lipinski definition) is 1. The maximum absolute atomic E-state index is 12.2. The van der Waals surface area contributed by atoms with E-state index in [2.05, 4.69) is 20.9 Å². The van der Waals surface area contributed by atoms with Gasteiger partial charge in [-0.05, 0) is 12.1 Å². The number of aromatic amines is 1. The van der Waals surface area contributed by atoms with E-state index in [0.717, 1.165) is 20.9 Å². The Hall–Kier alpha value is -1.09. The monoisotopic (exact) mass is 279 g/mol. The first kappa shape index (κ1) is 11.4. The summed E-state index contributed by atoms with van der Waals surface area (Å²) in [4.78, 5) is 15.3. The number of hydrogen-bond acceptors (Lipinski definition) is 1. The van der Waals surface area contributed by atoms with Crippen molar-refractivity contribution in [3.05, 3.63) is 34.4 Å². The molecule has 0 unspecified atom stereocenters. The molecular formula is C13H14BrNO. The van der Waals surface area contributed by atoms with E-state index in [9.17, 15) is 4.79 Å². The number of benzene rings is 1. The molecule has 0 fully saturated rings. The number of H-pyrrole nitrogens is 1. The predicted molar refractivity (Wildman–Crippen MR) is 69.8 cm³/mol. The Morgan fingerprint density at radius 2 is 2.00 bits per heavy atom. The molecule has 2 rings (SSSR count). The van der Waals surface area contributed by atoms with Gasteiger partial charge in [-0.15, -0.1) is 0 Å².